The van der Waals surface area contributed by atoms with Crippen LogP contribution < -0.4 is 15.0 Å². The van der Waals surface area contributed by atoms with Crippen LogP contribution in [0.2, 0.25) is 0 Å². The quantitative estimate of drug-likeness (QED) is 0.847. The van der Waals surface area contributed by atoms with E-state index in [1.807, 2.05) is 48.5 Å². The van der Waals surface area contributed by atoms with E-state index < -0.39 is 0 Å². The van der Waals surface area contributed by atoms with E-state index in [9.17, 15) is 0 Å². The van der Waals surface area contributed by atoms with E-state index in [1.54, 1.807) is 7.11 Å². The number of ether oxygens (including phenoxy) is 2. The van der Waals surface area contributed by atoms with Crippen molar-refractivity contribution >= 4 is 0 Å². The summed E-state index contributed by atoms with van der Waals surface area (Å²) in [5.41, 5.74) is 4.08. The lowest BCUT2D eigenvalue weighted by Crippen LogP contribution is -2.29. The molecule has 1 aliphatic rings. The maximum atomic E-state index is 5.93. The fraction of sp³-hybridized carbons (Fsp3) is 0.294. The van der Waals surface area contributed by atoms with Crippen LogP contribution in [0.5, 0.6) is 17.2 Å². The number of hydrogen-bond donors (Lipinski definition) is 1. The molecule has 2 aromatic carbocycles. The Labute approximate surface area is 124 Å². The van der Waals surface area contributed by atoms with Crippen LogP contribution in [0.1, 0.15) is 24.9 Å². The van der Waals surface area contributed by atoms with Crippen LogP contribution in [0.15, 0.2) is 48.5 Å². The maximum absolute atomic E-state index is 5.93. The Kier molecular flexibility index (Phi) is 4.08. The molecular formula is C17H19NO3. The van der Waals surface area contributed by atoms with E-state index in [0.29, 0.717) is 0 Å². The monoisotopic (exact) mass is 285 g/mol. The zero-order valence-corrected chi connectivity index (χ0v) is 12.2. The van der Waals surface area contributed by atoms with Crippen LogP contribution in [0, 0.1) is 0 Å². The molecule has 2 unspecified atom stereocenters. The third kappa shape index (κ3) is 2.86. The van der Waals surface area contributed by atoms with Gasteiger partial charge in [-0.15, -0.1) is 0 Å². The summed E-state index contributed by atoms with van der Waals surface area (Å²) < 4.78 is 11.8. The predicted molar refractivity (Wildman–Crippen MR) is 80.6 cm³/mol. The highest BCUT2D eigenvalue weighted by molar-refractivity contribution is 5.46. The fourth-order valence-corrected chi connectivity index (χ4v) is 2.58. The zero-order valence-electron chi connectivity index (χ0n) is 12.2. The van der Waals surface area contributed by atoms with Gasteiger partial charge in [-0.25, -0.2) is 0 Å². The van der Waals surface area contributed by atoms with Gasteiger partial charge in [-0.1, -0.05) is 25.1 Å². The summed E-state index contributed by atoms with van der Waals surface area (Å²) in [5.74, 6) is 2.50. The molecule has 4 nitrogen and oxygen atoms in total. The van der Waals surface area contributed by atoms with Crippen molar-refractivity contribution in [1.29, 1.82) is 0 Å². The number of hydroxylamine groups is 1. The molecule has 0 saturated carbocycles. The van der Waals surface area contributed by atoms with Crippen LogP contribution in [-0.2, 0) is 4.84 Å². The highest BCUT2D eigenvalue weighted by Crippen LogP contribution is 2.40. The second-order valence-electron chi connectivity index (χ2n) is 4.98. The number of rotatable bonds is 5. The van der Waals surface area contributed by atoms with Gasteiger partial charge in [0.05, 0.1) is 13.2 Å². The number of para-hydroxylation sites is 1. The van der Waals surface area contributed by atoms with Crippen molar-refractivity contribution in [3.05, 3.63) is 54.1 Å². The molecule has 0 aliphatic carbocycles. The standard InChI is InChI=1S/C17H19NO3/c1-3-15-17(18-19-2)14-11-13(9-10-16(14)21-15)20-12-7-5-4-6-8-12/h4-11,15,17-18H,3H2,1-2H3. The Morgan fingerprint density at radius 1 is 1.10 bits per heavy atom. The third-order valence-electron chi connectivity index (χ3n) is 3.59. The highest BCUT2D eigenvalue weighted by Gasteiger charge is 2.33. The van der Waals surface area contributed by atoms with E-state index in [0.717, 1.165) is 29.2 Å². The van der Waals surface area contributed by atoms with Crippen molar-refractivity contribution in [2.45, 2.75) is 25.5 Å². The van der Waals surface area contributed by atoms with Crippen molar-refractivity contribution in [2.24, 2.45) is 0 Å². The molecular weight excluding hydrogens is 266 g/mol. The number of benzene rings is 2. The number of nitrogens with one attached hydrogen (secondary N) is 1. The average molecular weight is 285 g/mol. The summed E-state index contributed by atoms with van der Waals surface area (Å²) in [7, 11) is 1.62. The molecule has 1 aliphatic heterocycles. The molecule has 0 spiro atoms. The van der Waals surface area contributed by atoms with Gasteiger partial charge in [-0.05, 0) is 36.8 Å². The van der Waals surface area contributed by atoms with Gasteiger partial charge in [-0.3, -0.25) is 0 Å². The molecule has 21 heavy (non-hydrogen) atoms. The van der Waals surface area contributed by atoms with Crippen LogP contribution in [0.3, 0.4) is 0 Å². The van der Waals surface area contributed by atoms with Crippen LogP contribution in [-0.4, -0.2) is 13.2 Å². The van der Waals surface area contributed by atoms with Gasteiger partial charge >= 0.3 is 0 Å². The Bertz CT molecular complexity index is 600. The molecule has 0 saturated heterocycles. The molecule has 1 heterocycles. The van der Waals surface area contributed by atoms with E-state index in [-0.39, 0.29) is 12.1 Å². The van der Waals surface area contributed by atoms with Crippen LogP contribution in [0.4, 0.5) is 0 Å². The first-order valence-corrected chi connectivity index (χ1v) is 7.14. The summed E-state index contributed by atoms with van der Waals surface area (Å²) in [6.07, 6.45) is 0.983. The first kappa shape index (κ1) is 13.9. The van der Waals surface area contributed by atoms with Gasteiger partial charge < -0.3 is 14.3 Å². The minimum atomic E-state index is 0.0225. The summed E-state index contributed by atoms with van der Waals surface area (Å²) in [6.45, 7) is 2.10. The molecule has 2 atom stereocenters. The molecule has 1 N–H and O–H groups in total. The maximum Gasteiger partial charge on any atom is 0.128 e. The Morgan fingerprint density at radius 2 is 1.90 bits per heavy atom. The first-order valence-electron chi connectivity index (χ1n) is 7.14. The molecule has 0 aromatic heterocycles. The van der Waals surface area contributed by atoms with Crippen molar-refractivity contribution < 1.29 is 14.3 Å². The SMILES string of the molecule is CCC1Oc2ccc(Oc3ccccc3)cc2C1NOC. The first-order chi connectivity index (χ1) is 10.3. The minimum absolute atomic E-state index is 0.0225. The van der Waals surface area contributed by atoms with Gasteiger partial charge in [0.1, 0.15) is 23.4 Å². The molecule has 4 heteroatoms. The van der Waals surface area contributed by atoms with Crippen molar-refractivity contribution in [2.75, 3.05) is 7.11 Å². The second-order valence-corrected chi connectivity index (χ2v) is 4.98. The van der Waals surface area contributed by atoms with Gasteiger partial charge in [-0.2, -0.15) is 5.48 Å². The largest absolute Gasteiger partial charge is 0.488 e. The fourth-order valence-electron chi connectivity index (χ4n) is 2.58. The highest BCUT2D eigenvalue weighted by atomic mass is 16.6. The average Bonchev–Trinajstić information content (AvgIpc) is 2.86. The lowest BCUT2D eigenvalue weighted by atomic mass is 10.0. The van der Waals surface area contributed by atoms with Gasteiger partial charge in [0.25, 0.3) is 0 Å². The zero-order chi connectivity index (χ0) is 14.7. The van der Waals surface area contributed by atoms with Crippen molar-refractivity contribution in [1.82, 2.24) is 5.48 Å². The third-order valence-corrected chi connectivity index (χ3v) is 3.59. The van der Waals surface area contributed by atoms with Crippen LogP contribution >= 0.6 is 0 Å². The normalized spacial score (nSPS) is 19.9. The molecule has 2 aromatic rings. The van der Waals surface area contributed by atoms with E-state index in [2.05, 4.69) is 12.4 Å². The molecule has 3 rings (SSSR count). The molecule has 0 radical (unpaired) electrons. The molecule has 0 fully saturated rings. The van der Waals surface area contributed by atoms with E-state index in [1.165, 1.54) is 0 Å². The van der Waals surface area contributed by atoms with Gasteiger partial charge in [0.2, 0.25) is 0 Å². The molecule has 110 valence electrons. The Balaban J connectivity index is 1.86. The van der Waals surface area contributed by atoms with Crippen LogP contribution in [0.25, 0.3) is 0 Å². The predicted octanol–water partition coefficient (Wildman–Crippen LogP) is 3.84. The lowest BCUT2D eigenvalue weighted by molar-refractivity contribution is 0.0283. The van der Waals surface area contributed by atoms with E-state index >= 15 is 0 Å². The summed E-state index contributed by atoms with van der Waals surface area (Å²) in [5, 5.41) is 0. The Hall–Kier alpha value is -2.04. The molecule has 0 amide bonds. The topological polar surface area (TPSA) is 39.7 Å². The summed E-state index contributed by atoms with van der Waals surface area (Å²) >= 11 is 0. The minimum Gasteiger partial charge on any atom is -0.488 e. The number of hydrogen-bond acceptors (Lipinski definition) is 4. The van der Waals surface area contributed by atoms with E-state index in [4.69, 9.17) is 14.3 Å². The lowest BCUT2D eigenvalue weighted by Gasteiger charge is -2.17. The molecule has 0 bridgehead atoms. The van der Waals surface area contributed by atoms with Crippen molar-refractivity contribution in [3.8, 4) is 17.2 Å². The smallest absolute Gasteiger partial charge is 0.128 e. The second kappa shape index (κ2) is 6.16. The van der Waals surface area contributed by atoms with Gasteiger partial charge in [0, 0.05) is 5.56 Å². The number of fused-ring (bicyclic) bond motifs is 1. The summed E-state index contributed by atoms with van der Waals surface area (Å²) in [6, 6.07) is 15.6. The van der Waals surface area contributed by atoms with Gasteiger partial charge in [0.15, 0.2) is 0 Å². The Morgan fingerprint density at radius 3 is 2.62 bits per heavy atom. The van der Waals surface area contributed by atoms with Crippen molar-refractivity contribution in [3.63, 3.8) is 0 Å². The summed E-state index contributed by atoms with van der Waals surface area (Å²) in [4.78, 5) is 5.10.